The summed E-state index contributed by atoms with van der Waals surface area (Å²) in [6.07, 6.45) is -3.55. The SMILES string of the molecule is COc1cccc(CNC(=O)C2CCN(c3nc4ccccc4n3Cc3ccc(F)cc3)CC2)c1.O=C(O)C(F)(F)F. The summed E-state index contributed by atoms with van der Waals surface area (Å²) in [5.41, 5.74) is 4.01. The molecule has 2 heterocycles. The highest BCUT2D eigenvalue weighted by atomic mass is 19.4. The number of nitrogens with one attached hydrogen (secondary N) is 1. The maximum Gasteiger partial charge on any atom is 0.490 e. The zero-order chi connectivity index (χ0) is 30.3. The summed E-state index contributed by atoms with van der Waals surface area (Å²) in [6.45, 7) is 2.61. The summed E-state index contributed by atoms with van der Waals surface area (Å²) < 4.78 is 52.6. The third-order valence-electron chi connectivity index (χ3n) is 6.88. The Balaban J connectivity index is 0.000000517. The number of carbonyl (C=O) groups excluding carboxylic acids is 1. The molecule has 42 heavy (non-hydrogen) atoms. The van der Waals surface area contributed by atoms with Gasteiger partial charge in [-0.25, -0.2) is 14.2 Å². The van der Waals surface area contributed by atoms with Gasteiger partial charge in [0, 0.05) is 25.6 Å². The van der Waals surface area contributed by atoms with Crippen molar-refractivity contribution < 1.29 is 37.0 Å². The number of methoxy groups -OCH3 is 1. The van der Waals surface area contributed by atoms with Gasteiger partial charge < -0.3 is 24.6 Å². The first-order chi connectivity index (χ1) is 20.0. The summed E-state index contributed by atoms with van der Waals surface area (Å²) in [5.74, 6) is -1.25. The summed E-state index contributed by atoms with van der Waals surface area (Å²) in [7, 11) is 1.64. The summed E-state index contributed by atoms with van der Waals surface area (Å²) in [5, 5.41) is 10.2. The third kappa shape index (κ3) is 7.77. The van der Waals surface area contributed by atoms with Crippen molar-refractivity contribution in [1.29, 1.82) is 0 Å². The van der Waals surface area contributed by atoms with Crippen LogP contribution in [0, 0.1) is 11.7 Å². The maximum atomic E-state index is 13.4. The Labute approximate surface area is 239 Å². The van der Waals surface area contributed by atoms with E-state index in [1.807, 2.05) is 54.6 Å². The van der Waals surface area contributed by atoms with Crippen molar-refractivity contribution in [3.05, 3.63) is 89.7 Å². The first-order valence-electron chi connectivity index (χ1n) is 13.2. The largest absolute Gasteiger partial charge is 0.497 e. The minimum absolute atomic E-state index is 0.0215. The Morgan fingerprint density at radius 1 is 1.00 bits per heavy atom. The number of carboxylic acid groups (broad SMARTS) is 1. The standard InChI is InChI=1S/C28H29FN4O2.C2HF3O2/c1-35-24-6-4-5-21(17-24)18-30-27(34)22-13-15-32(16-14-22)28-31-25-7-2-3-8-26(25)33(28)19-20-9-11-23(29)12-10-20;3-2(4,5)1(6)7/h2-12,17,22H,13-16,18-19H2,1H3,(H,30,34);(H,6,7). The van der Waals surface area contributed by atoms with E-state index in [1.165, 1.54) is 12.1 Å². The van der Waals surface area contributed by atoms with Crippen LogP contribution in [-0.4, -0.2) is 52.9 Å². The number of rotatable bonds is 7. The smallest absolute Gasteiger partial charge is 0.490 e. The van der Waals surface area contributed by atoms with E-state index in [-0.39, 0.29) is 17.6 Å². The fraction of sp³-hybridized carbons (Fsp3) is 0.300. The highest BCUT2D eigenvalue weighted by molar-refractivity contribution is 5.80. The number of carboxylic acids is 1. The Bertz CT molecular complexity index is 1510. The lowest BCUT2D eigenvalue weighted by molar-refractivity contribution is -0.192. The van der Waals surface area contributed by atoms with Gasteiger partial charge in [0.25, 0.3) is 0 Å². The lowest BCUT2D eigenvalue weighted by Gasteiger charge is -2.32. The zero-order valence-corrected chi connectivity index (χ0v) is 22.8. The van der Waals surface area contributed by atoms with E-state index >= 15 is 0 Å². The number of aliphatic carboxylic acids is 1. The zero-order valence-electron chi connectivity index (χ0n) is 22.8. The summed E-state index contributed by atoms with van der Waals surface area (Å²) in [4.78, 5) is 28.9. The normalized spacial score (nSPS) is 13.8. The molecular weight excluding hydrogens is 556 g/mol. The quantitative estimate of drug-likeness (QED) is 0.282. The minimum Gasteiger partial charge on any atom is -0.497 e. The first-order valence-corrected chi connectivity index (χ1v) is 13.2. The number of fused-ring (bicyclic) bond motifs is 1. The molecule has 1 amide bonds. The van der Waals surface area contributed by atoms with Gasteiger partial charge in [0.1, 0.15) is 11.6 Å². The number of para-hydroxylation sites is 2. The minimum atomic E-state index is -5.08. The predicted molar refractivity (Wildman–Crippen MR) is 149 cm³/mol. The first kappa shape index (κ1) is 30.4. The van der Waals surface area contributed by atoms with Gasteiger partial charge in [-0.05, 0) is 60.4 Å². The van der Waals surface area contributed by atoms with Gasteiger partial charge in [-0.15, -0.1) is 0 Å². The molecule has 1 fully saturated rings. The van der Waals surface area contributed by atoms with Crippen molar-refractivity contribution in [3.63, 3.8) is 0 Å². The van der Waals surface area contributed by atoms with E-state index in [2.05, 4.69) is 20.9 Å². The van der Waals surface area contributed by atoms with Gasteiger partial charge in [0.05, 0.1) is 24.7 Å². The second kappa shape index (κ2) is 13.4. The Kier molecular flexibility index (Phi) is 9.66. The molecule has 0 atom stereocenters. The molecule has 222 valence electrons. The fourth-order valence-electron chi connectivity index (χ4n) is 4.69. The molecule has 1 saturated heterocycles. The average molecular weight is 587 g/mol. The molecule has 0 radical (unpaired) electrons. The number of benzene rings is 3. The van der Waals surface area contributed by atoms with Gasteiger partial charge >= 0.3 is 12.1 Å². The number of hydrogen-bond donors (Lipinski definition) is 2. The number of alkyl halides is 3. The van der Waals surface area contributed by atoms with Crippen LogP contribution in [0.25, 0.3) is 11.0 Å². The van der Waals surface area contributed by atoms with Crippen LogP contribution in [0.4, 0.5) is 23.5 Å². The van der Waals surface area contributed by atoms with Crippen LogP contribution in [0.5, 0.6) is 5.75 Å². The molecule has 0 unspecified atom stereocenters. The van der Waals surface area contributed by atoms with Crippen molar-refractivity contribution in [1.82, 2.24) is 14.9 Å². The number of hydrogen-bond acceptors (Lipinski definition) is 5. The molecule has 0 spiro atoms. The van der Waals surface area contributed by atoms with E-state index < -0.39 is 12.1 Å². The van der Waals surface area contributed by atoms with Crippen LogP contribution in [0.15, 0.2) is 72.8 Å². The van der Waals surface area contributed by atoms with Gasteiger partial charge in [-0.3, -0.25) is 4.79 Å². The molecule has 12 heteroatoms. The van der Waals surface area contributed by atoms with Crippen LogP contribution in [0.3, 0.4) is 0 Å². The van der Waals surface area contributed by atoms with Crippen LogP contribution < -0.4 is 15.0 Å². The molecule has 1 aromatic heterocycles. The predicted octanol–water partition coefficient (Wildman–Crippen LogP) is 5.40. The van der Waals surface area contributed by atoms with E-state index in [9.17, 15) is 22.4 Å². The highest BCUT2D eigenvalue weighted by Gasteiger charge is 2.38. The molecule has 1 aliphatic heterocycles. The molecule has 0 aliphatic carbocycles. The molecule has 4 aromatic rings. The lowest BCUT2D eigenvalue weighted by Crippen LogP contribution is -2.41. The molecule has 5 rings (SSSR count). The van der Waals surface area contributed by atoms with Crippen molar-refractivity contribution in [2.75, 3.05) is 25.1 Å². The molecule has 1 aliphatic rings. The number of piperidine rings is 1. The average Bonchev–Trinajstić information content (AvgIpc) is 3.35. The molecule has 2 N–H and O–H groups in total. The summed E-state index contributed by atoms with van der Waals surface area (Å²) in [6, 6.07) is 22.4. The highest BCUT2D eigenvalue weighted by Crippen LogP contribution is 2.28. The Hall–Kier alpha value is -4.61. The Morgan fingerprint density at radius 2 is 1.67 bits per heavy atom. The fourth-order valence-corrected chi connectivity index (χ4v) is 4.69. The number of amides is 1. The van der Waals surface area contributed by atoms with E-state index in [0.29, 0.717) is 13.1 Å². The van der Waals surface area contributed by atoms with E-state index in [4.69, 9.17) is 19.6 Å². The van der Waals surface area contributed by atoms with Gasteiger partial charge in [0.2, 0.25) is 11.9 Å². The van der Waals surface area contributed by atoms with Crippen molar-refractivity contribution in [3.8, 4) is 5.75 Å². The second-order valence-corrected chi connectivity index (χ2v) is 9.75. The molecule has 3 aromatic carbocycles. The Morgan fingerprint density at radius 3 is 2.31 bits per heavy atom. The van der Waals surface area contributed by atoms with Gasteiger partial charge in [0.15, 0.2) is 0 Å². The lowest BCUT2D eigenvalue weighted by atomic mass is 9.96. The van der Waals surface area contributed by atoms with Crippen molar-refractivity contribution in [2.45, 2.75) is 32.1 Å². The molecular formula is C30H30F4N4O4. The van der Waals surface area contributed by atoms with Crippen LogP contribution in [0.1, 0.15) is 24.0 Å². The van der Waals surface area contributed by atoms with Gasteiger partial charge in [-0.2, -0.15) is 13.2 Å². The van der Waals surface area contributed by atoms with Crippen LogP contribution >= 0.6 is 0 Å². The number of anilines is 1. The monoisotopic (exact) mass is 586 g/mol. The van der Waals surface area contributed by atoms with Crippen molar-refractivity contribution >= 4 is 28.9 Å². The number of ether oxygens (including phenoxy) is 1. The molecule has 8 nitrogen and oxygen atoms in total. The number of imidazole rings is 1. The molecule has 0 bridgehead atoms. The maximum absolute atomic E-state index is 13.4. The topological polar surface area (TPSA) is 96.7 Å². The summed E-state index contributed by atoms with van der Waals surface area (Å²) >= 11 is 0. The third-order valence-corrected chi connectivity index (χ3v) is 6.88. The van der Waals surface area contributed by atoms with E-state index in [1.54, 1.807) is 7.11 Å². The van der Waals surface area contributed by atoms with Gasteiger partial charge in [-0.1, -0.05) is 36.4 Å². The van der Waals surface area contributed by atoms with Crippen LogP contribution in [-0.2, 0) is 22.7 Å². The number of aromatic nitrogens is 2. The number of halogens is 4. The molecule has 0 saturated carbocycles. The van der Waals surface area contributed by atoms with Crippen LogP contribution in [0.2, 0.25) is 0 Å². The number of carbonyl (C=O) groups is 2. The van der Waals surface area contributed by atoms with Crippen molar-refractivity contribution in [2.24, 2.45) is 5.92 Å². The second-order valence-electron chi connectivity index (χ2n) is 9.75. The number of nitrogens with zero attached hydrogens (tertiary/aromatic N) is 3. The van der Waals surface area contributed by atoms with E-state index in [0.717, 1.165) is 59.8 Å².